The predicted molar refractivity (Wildman–Crippen MR) is 224 cm³/mol. The second-order valence-electron chi connectivity index (χ2n) is 15.4. The van der Waals surface area contributed by atoms with Crippen LogP contribution in [0.15, 0.2) is 12.2 Å². The van der Waals surface area contributed by atoms with Crippen LogP contribution in [0, 0.1) is 0 Å². The third-order valence-corrected chi connectivity index (χ3v) is 10.9. The molecule has 0 bridgehead atoms. The van der Waals surface area contributed by atoms with Crippen molar-refractivity contribution in [2.75, 3.05) is 33.0 Å². The fourth-order valence-electron chi connectivity index (χ4n) is 6.47. The molecule has 0 heterocycles. The van der Waals surface area contributed by atoms with Crippen LogP contribution < -0.4 is 0 Å². The molecule has 0 aromatic rings. The molecule has 0 aliphatic heterocycles. The largest absolute Gasteiger partial charge is 0.472 e. The number of aliphatic hydroxyl groups is 2. The Hall–Kier alpha value is -0.800. The van der Waals surface area contributed by atoms with Gasteiger partial charge < -0.3 is 24.6 Å². The van der Waals surface area contributed by atoms with Crippen molar-refractivity contribution in [2.24, 2.45) is 0 Å². The summed E-state index contributed by atoms with van der Waals surface area (Å²) in [5, 5.41) is 18.3. The third kappa shape index (κ3) is 40.9. The summed E-state index contributed by atoms with van der Waals surface area (Å²) in [7, 11) is -4.51. The standard InChI is InChI=1S/C44H87O9P/c1-3-5-7-9-11-13-15-17-19-20-21-23-25-27-29-31-33-35-37-50-40-43(41-52-54(48,49)51-39-42(46)38-45)53-44(47)36-34-32-30-28-26-24-22-18-16-14-12-10-8-6-4-2/h18,22,42-43,45-46H,3-17,19-21,23-41H2,1-2H3,(H,48,49)/b22-18-. The molecule has 0 fully saturated rings. The summed E-state index contributed by atoms with van der Waals surface area (Å²) in [6.07, 6.45) is 41.7. The molecule has 0 spiro atoms. The second kappa shape index (κ2) is 41.8. The van der Waals surface area contributed by atoms with Crippen LogP contribution in [0.4, 0.5) is 0 Å². The number of carbonyl (C=O) groups is 1. The van der Waals surface area contributed by atoms with E-state index in [4.69, 9.17) is 23.6 Å². The number of ether oxygens (including phenoxy) is 2. The van der Waals surface area contributed by atoms with Gasteiger partial charge in [-0.1, -0.05) is 187 Å². The minimum absolute atomic E-state index is 0.0519. The first-order chi connectivity index (χ1) is 26.3. The SMILES string of the molecule is CCCCCCCC/C=C\CCCCCCCC(=O)OC(COCCCCCCCCCCCCCCCCCCCC)COP(=O)(O)OCC(O)CO. The first-order valence-electron chi connectivity index (χ1n) is 22.7. The van der Waals surface area contributed by atoms with Gasteiger partial charge in [0.1, 0.15) is 12.2 Å². The normalized spacial score (nSPS) is 14.1. The first kappa shape index (κ1) is 53.2. The summed E-state index contributed by atoms with van der Waals surface area (Å²) in [6.45, 7) is 3.55. The van der Waals surface area contributed by atoms with Gasteiger partial charge in [0, 0.05) is 13.0 Å². The van der Waals surface area contributed by atoms with Crippen molar-refractivity contribution in [3.63, 3.8) is 0 Å². The zero-order chi connectivity index (χ0) is 39.6. The highest BCUT2D eigenvalue weighted by Crippen LogP contribution is 2.43. The zero-order valence-electron chi connectivity index (χ0n) is 35.2. The van der Waals surface area contributed by atoms with Crippen LogP contribution in [0.25, 0.3) is 0 Å². The maximum absolute atomic E-state index is 12.6. The number of unbranched alkanes of at least 4 members (excludes halogenated alkanes) is 28. The molecule has 0 amide bonds. The molecule has 0 aliphatic carbocycles. The van der Waals surface area contributed by atoms with Gasteiger partial charge in [0.25, 0.3) is 0 Å². The average Bonchev–Trinajstić information content (AvgIpc) is 3.16. The lowest BCUT2D eigenvalue weighted by atomic mass is 10.0. The highest BCUT2D eigenvalue weighted by molar-refractivity contribution is 7.47. The molecular formula is C44H87O9P. The number of hydrogen-bond acceptors (Lipinski definition) is 8. The lowest BCUT2D eigenvalue weighted by Crippen LogP contribution is -2.29. The smallest absolute Gasteiger partial charge is 0.457 e. The van der Waals surface area contributed by atoms with E-state index in [-0.39, 0.29) is 25.6 Å². The van der Waals surface area contributed by atoms with Crippen molar-refractivity contribution in [3.8, 4) is 0 Å². The van der Waals surface area contributed by atoms with E-state index in [9.17, 15) is 19.4 Å². The van der Waals surface area contributed by atoms with Crippen LogP contribution in [0.1, 0.15) is 219 Å². The Kier molecular flexibility index (Phi) is 41.2. The number of allylic oxidation sites excluding steroid dienone is 2. The van der Waals surface area contributed by atoms with Crippen LogP contribution in [-0.2, 0) is 27.9 Å². The van der Waals surface area contributed by atoms with E-state index in [0.29, 0.717) is 6.61 Å². The molecule has 322 valence electrons. The van der Waals surface area contributed by atoms with Gasteiger partial charge in [0.2, 0.25) is 0 Å². The lowest BCUT2D eigenvalue weighted by Gasteiger charge is -2.20. The van der Waals surface area contributed by atoms with Crippen molar-refractivity contribution in [3.05, 3.63) is 12.2 Å². The highest BCUT2D eigenvalue weighted by atomic mass is 31.2. The minimum Gasteiger partial charge on any atom is -0.457 e. The van der Waals surface area contributed by atoms with Crippen LogP contribution in [0.2, 0.25) is 0 Å². The van der Waals surface area contributed by atoms with E-state index in [2.05, 4.69) is 26.0 Å². The number of carbonyl (C=O) groups excluding carboxylic acids is 1. The summed E-state index contributed by atoms with van der Waals surface area (Å²) >= 11 is 0. The van der Waals surface area contributed by atoms with Gasteiger partial charge in [-0.25, -0.2) is 4.57 Å². The van der Waals surface area contributed by atoms with Gasteiger partial charge in [0.15, 0.2) is 0 Å². The van der Waals surface area contributed by atoms with Crippen LogP contribution >= 0.6 is 7.82 Å². The topological polar surface area (TPSA) is 132 Å². The molecule has 0 radical (unpaired) electrons. The first-order valence-corrected chi connectivity index (χ1v) is 24.2. The van der Waals surface area contributed by atoms with Crippen molar-refractivity contribution < 1.29 is 43.0 Å². The average molecular weight is 791 g/mol. The summed E-state index contributed by atoms with van der Waals surface area (Å²) in [5.41, 5.74) is 0. The molecule has 3 unspecified atom stereocenters. The van der Waals surface area contributed by atoms with E-state index >= 15 is 0 Å². The van der Waals surface area contributed by atoms with Gasteiger partial charge in [-0.3, -0.25) is 13.8 Å². The van der Waals surface area contributed by atoms with Gasteiger partial charge >= 0.3 is 13.8 Å². The van der Waals surface area contributed by atoms with Crippen LogP contribution in [0.3, 0.4) is 0 Å². The van der Waals surface area contributed by atoms with E-state index in [1.54, 1.807) is 0 Å². The number of rotatable bonds is 44. The maximum atomic E-state index is 12.6. The number of phosphoric ester groups is 1. The molecule has 0 saturated carbocycles. The molecule has 10 heteroatoms. The maximum Gasteiger partial charge on any atom is 0.472 e. The Bertz CT molecular complexity index is 856. The Balaban J connectivity index is 4.11. The van der Waals surface area contributed by atoms with E-state index in [0.717, 1.165) is 51.4 Å². The molecule has 3 atom stereocenters. The van der Waals surface area contributed by atoms with Gasteiger partial charge in [-0.2, -0.15) is 0 Å². The van der Waals surface area contributed by atoms with Crippen molar-refractivity contribution in [1.82, 2.24) is 0 Å². The summed E-state index contributed by atoms with van der Waals surface area (Å²) in [5.74, 6) is -0.387. The Morgan fingerprint density at radius 1 is 0.556 bits per heavy atom. The van der Waals surface area contributed by atoms with Crippen LogP contribution in [0.5, 0.6) is 0 Å². The predicted octanol–water partition coefficient (Wildman–Crippen LogP) is 12.5. The summed E-state index contributed by atoms with van der Waals surface area (Å²) in [6, 6.07) is 0. The third-order valence-electron chi connectivity index (χ3n) is 9.95. The van der Waals surface area contributed by atoms with Crippen molar-refractivity contribution in [2.45, 2.75) is 232 Å². The number of hydrogen-bond donors (Lipinski definition) is 3. The molecule has 0 aromatic heterocycles. The fourth-order valence-corrected chi connectivity index (χ4v) is 7.26. The van der Waals surface area contributed by atoms with Gasteiger partial charge in [-0.05, 0) is 38.5 Å². The Morgan fingerprint density at radius 3 is 1.39 bits per heavy atom. The zero-order valence-corrected chi connectivity index (χ0v) is 36.1. The molecule has 54 heavy (non-hydrogen) atoms. The van der Waals surface area contributed by atoms with Crippen molar-refractivity contribution >= 4 is 13.8 Å². The lowest BCUT2D eigenvalue weighted by molar-refractivity contribution is -0.154. The Morgan fingerprint density at radius 2 is 0.944 bits per heavy atom. The molecule has 0 saturated heterocycles. The van der Waals surface area contributed by atoms with E-state index in [1.807, 2.05) is 0 Å². The number of esters is 1. The van der Waals surface area contributed by atoms with E-state index in [1.165, 1.54) is 148 Å². The quantitative estimate of drug-likeness (QED) is 0.0239. The number of phosphoric acid groups is 1. The second-order valence-corrected chi connectivity index (χ2v) is 16.9. The molecule has 0 aromatic carbocycles. The van der Waals surface area contributed by atoms with Crippen LogP contribution in [-0.4, -0.2) is 66.3 Å². The molecule has 0 rings (SSSR count). The molecule has 0 aliphatic rings. The summed E-state index contributed by atoms with van der Waals surface area (Å²) < 4.78 is 33.4. The highest BCUT2D eigenvalue weighted by Gasteiger charge is 2.26. The fraction of sp³-hybridized carbons (Fsp3) is 0.932. The molecular weight excluding hydrogens is 703 g/mol. The van der Waals surface area contributed by atoms with Gasteiger partial charge in [0.05, 0.1) is 26.4 Å². The van der Waals surface area contributed by atoms with Gasteiger partial charge in [-0.15, -0.1) is 0 Å². The Labute approximate surface area is 332 Å². The number of aliphatic hydroxyl groups excluding tert-OH is 2. The summed E-state index contributed by atoms with van der Waals surface area (Å²) in [4.78, 5) is 22.6. The monoisotopic (exact) mass is 791 g/mol. The van der Waals surface area contributed by atoms with E-state index < -0.39 is 33.2 Å². The van der Waals surface area contributed by atoms with Crippen molar-refractivity contribution in [1.29, 1.82) is 0 Å². The molecule has 3 N–H and O–H groups in total. The molecule has 9 nitrogen and oxygen atoms in total. The minimum atomic E-state index is -4.51.